The summed E-state index contributed by atoms with van der Waals surface area (Å²) in [7, 11) is 0. The number of carbonyl (C=O) groups excluding carboxylic acids is 1. The van der Waals surface area contributed by atoms with Crippen molar-refractivity contribution in [2.45, 2.75) is 51.1 Å². The van der Waals surface area contributed by atoms with Crippen molar-refractivity contribution in [1.29, 1.82) is 0 Å². The van der Waals surface area contributed by atoms with Crippen LogP contribution in [0.15, 0.2) is 30.5 Å². The number of rotatable bonds is 3. The minimum absolute atomic E-state index is 0. The summed E-state index contributed by atoms with van der Waals surface area (Å²) in [5, 5.41) is 6.29. The molecule has 142 valence electrons. The molecule has 0 spiro atoms. The van der Waals surface area contributed by atoms with Crippen LogP contribution in [-0.4, -0.2) is 28.0 Å². The number of halogens is 2. The smallest absolute Gasteiger partial charge is 0.241 e. The highest BCUT2D eigenvalue weighted by atomic mass is 35.5. The van der Waals surface area contributed by atoms with Crippen LogP contribution in [0.3, 0.4) is 0 Å². The Morgan fingerprint density at radius 2 is 1.92 bits per heavy atom. The van der Waals surface area contributed by atoms with E-state index in [-0.39, 0.29) is 36.8 Å². The summed E-state index contributed by atoms with van der Waals surface area (Å²) in [6, 6.07) is 7.96. The molecule has 1 atom stereocenters. The zero-order valence-electron chi connectivity index (χ0n) is 14.7. The number of aryl methyl sites for hydroxylation is 2. The van der Waals surface area contributed by atoms with Gasteiger partial charge in [-0.2, -0.15) is 0 Å². The third kappa shape index (κ3) is 4.58. The summed E-state index contributed by atoms with van der Waals surface area (Å²) < 4.78 is 2.27. The second kappa shape index (κ2) is 9.40. The van der Waals surface area contributed by atoms with Crippen LogP contribution in [-0.2, 0) is 17.8 Å². The minimum Gasteiger partial charge on any atom is -0.334 e. The van der Waals surface area contributed by atoms with Gasteiger partial charge in [0.05, 0.1) is 11.7 Å². The number of benzene rings is 1. The maximum atomic E-state index is 12.3. The molecule has 0 unspecified atom stereocenters. The number of amides is 1. The zero-order valence-corrected chi connectivity index (χ0v) is 16.4. The Kier molecular flexibility index (Phi) is 7.50. The molecule has 1 amide bonds. The minimum atomic E-state index is -0.0571. The van der Waals surface area contributed by atoms with Crippen molar-refractivity contribution in [2.75, 3.05) is 11.9 Å². The third-order valence-electron chi connectivity index (χ3n) is 4.98. The molecule has 2 N–H and O–H groups in total. The Hall–Kier alpha value is -1.56. The van der Waals surface area contributed by atoms with Gasteiger partial charge in [0.15, 0.2) is 0 Å². The van der Waals surface area contributed by atoms with Crippen LogP contribution in [0.5, 0.6) is 0 Å². The lowest BCUT2D eigenvalue weighted by atomic mass is 10.0. The van der Waals surface area contributed by atoms with E-state index in [1.165, 1.54) is 18.7 Å². The summed E-state index contributed by atoms with van der Waals surface area (Å²) >= 11 is 0. The number of hydrogen-bond donors (Lipinski definition) is 2. The molecule has 1 fully saturated rings. The van der Waals surface area contributed by atoms with Gasteiger partial charge >= 0.3 is 0 Å². The van der Waals surface area contributed by atoms with Crippen molar-refractivity contribution in [2.24, 2.45) is 0 Å². The van der Waals surface area contributed by atoms with Crippen molar-refractivity contribution >= 4 is 36.4 Å². The van der Waals surface area contributed by atoms with E-state index in [0.717, 1.165) is 55.7 Å². The predicted molar refractivity (Wildman–Crippen MR) is 109 cm³/mol. The van der Waals surface area contributed by atoms with Gasteiger partial charge in [0.1, 0.15) is 5.82 Å². The highest BCUT2D eigenvalue weighted by Crippen LogP contribution is 2.24. The molecular formula is C19H26Cl2N4O. The number of carbonyl (C=O) groups is 1. The van der Waals surface area contributed by atoms with E-state index >= 15 is 0 Å². The predicted octanol–water partition coefficient (Wildman–Crippen LogP) is 3.81. The number of nitrogens with zero attached hydrogens (tertiary/aromatic N) is 2. The number of nitrogens with one attached hydrogen (secondary N) is 2. The van der Waals surface area contributed by atoms with E-state index in [0.29, 0.717) is 0 Å². The van der Waals surface area contributed by atoms with E-state index in [1.54, 1.807) is 0 Å². The number of aromatic nitrogens is 2. The number of anilines is 1. The standard InChI is InChI=1S/C19H24N4O.2ClH/c24-19(16-5-1-3-11-20-16)21-15-9-7-14(8-10-15)17-13-23-12-4-2-6-18(23)22-17;;/h7-10,13,16,20H,1-6,11-12H2,(H,21,24);2*1H/t16-;;/m1../s1. The van der Waals surface area contributed by atoms with Gasteiger partial charge in [-0.1, -0.05) is 18.6 Å². The SMILES string of the molecule is Cl.Cl.O=C(Nc1ccc(-c2cn3c(n2)CCCC3)cc1)[C@H]1CCCCN1. The molecule has 26 heavy (non-hydrogen) atoms. The Bertz CT molecular complexity index is 700. The lowest BCUT2D eigenvalue weighted by Crippen LogP contribution is -2.43. The summed E-state index contributed by atoms with van der Waals surface area (Å²) in [6.07, 6.45) is 8.89. The summed E-state index contributed by atoms with van der Waals surface area (Å²) in [5.74, 6) is 1.26. The first-order valence-electron chi connectivity index (χ1n) is 9.00. The maximum Gasteiger partial charge on any atom is 0.241 e. The number of fused-ring (bicyclic) bond motifs is 1. The number of imidazole rings is 1. The molecule has 4 rings (SSSR count). The monoisotopic (exact) mass is 396 g/mol. The van der Waals surface area contributed by atoms with Gasteiger partial charge in [-0.05, 0) is 44.4 Å². The zero-order chi connectivity index (χ0) is 16.4. The highest BCUT2D eigenvalue weighted by Gasteiger charge is 2.20. The molecule has 1 aromatic carbocycles. The molecule has 7 heteroatoms. The van der Waals surface area contributed by atoms with E-state index in [9.17, 15) is 4.79 Å². The molecule has 0 aliphatic carbocycles. The number of piperidine rings is 1. The van der Waals surface area contributed by atoms with Crippen LogP contribution < -0.4 is 10.6 Å². The van der Waals surface area contributed by atoms with Gasteiger partial charge in [-0.15, -0.1) is 24.8 Å². The Labute approximate surface area is 166 Å². The van der Waals surface area contributed by atoms with Crippen molar-refractivity contribution in [3.8, 4) is 11.3 Å². The quantitative estimate of drug-likeness (QED) is 0.828. The Balaban J connectivity index is 0.00000121. The molecule has 0 bridgehead atoms. The average molecular weight is 397 g/mol. The van der Waals surface area contributed by atoms with Gasteiger partial charge in [0.2, 0.25) is 5.91 Å². The van der Waals surface area contributed by atoms with Crippen LogP contribution in [0.4, 0.5) is 5.69 Å². The summed E-state index contributed by atoms with van der Waals surface area (Å²) in [6.45, 7) is 2.01. The molecular weight excluding hydrogens is 371 g/mol. The second-order valence-corrected chi connectivity index (χ2v) is 6.76. The highest BCUT2D eigenvalue weighted by molar-refractivity contribution is 5.95. The van der Waals surface area contributed by atoms with Crippen LogP contribution in [0, 0.1) is 0 Å². The van der Waals surface area contributed by atoms with E-state index in [4.69, 9.17) is 4.98 Å². The molecule has 2 aliphatic heterocycles. The molecule has 1 saturated heterocycles. The van der Waals surface area contributed by atoms with Crippen molar-refractivity contribution in [1.82, 2.24) is 14.9 Å². The molecule has 2 aliphatic rings. The second-order valence-electron chi connectivity index (χ2n) is 6.76. The molecule has 2 aromatic rings. The molecule has 5 nitrogen and oxygen atoms in total. The van der Waals surface area contributed by atoms with Gasteiger partial charge in [0, 0.05) is 30.4 Å². The Morgan fingerprint density at radius 1 is 1.12 bits per heavy atom. The van der Waals surface area contributed by atoms with Gasteiger partial charge in [-0.25, -0.2) is 4.98 Å². The van der Waals surface area contributed by atoms with Crippen LogP contribution >= 0.6 is 24.8 Å². The van der Waals surface area contributed by atoms with Crippen LogP contribution in [0.1, 0.15) is 37.9 Å². The van der Waals surface area contributed by atoms with E-state index in [2.05, 4.69) is 21.4 Å². The molecule has 0 radical (unpaired) electrons. The first-order valence-corrected chi connectivity index (χ1v) is 9.00. The molecule has 0 saturated carbocycles. The van der Waals surface area contributed by atoms with Crippen LogP contribution in [0.2, 0.25) is 0 Å². The normalized spacial score (nSPS) is 18.8. The van der Waals surface area contributed by atoms with Crippen LogP contribution in [0.25, 0.3) is 11.3 Å². The molecule has 1 aromatic heterocycles. The fourth-order valence-electron chi connectivity index (χ4n) is 3.58. The number of hydrogen-bond acceptors (Lipinski definition) is 3. The fraction of sp³-hybridized carbons (Fsp3) is 0.474. The summed E-state index contributed by atoms with van der Waals surface area (Å²) in [5.41, 5.74) is 2.98. The van der Waals surface area contributed by atoms with E-state index in [1.807, 2.05) is 24.3 Å². The molecule has 3 heterocycles. The van der Waals surface area contributed by atoms with Crippen molar-refractivity contribution in [3.63, 3.8) is 0 Å². The van der Waals surface area contributed by atoms with E-state index < -0.39 is 0 Å². The lowest BCUT2D eigenvalue weighted by Gasteiger charge is -2.22. The van der Waals surface area contributed by atoms with Crippen molar-refractivity contribution < 1.29 is 4.79 Å². The summed E-state index contributed by atoms with van der Waals surface area (Å²) in [4.78, 5) is 17.0. The van der Waals surface area contributed by atoms with Crippen molar-refractivity contribution in [3.05, 3.63) is 36.3 Å². The fourth-order valence-corrected chi connectivity index (χ4v) is 3.58. The first kappa shape index (κ1) is 20.7. The average Bonchev–Trinajstić information content (AvgIpc) is 3.07. The van der Waals surface area contributed by atoms with Gasteiger partial charge in [-0.3, -0.25) is 4.79 Å². The van der Waals surface area contributed by atoms with Gasteiger partial charge < -0.3 is 15.2 Å². The Morgan fingerprint density at radius 3 is 2.62 bits per heavy atom. The topological polar surface area (TPSA) is 59.0 Å². The first-order chi connectivity index (χ1) is 11.8. The van der Waals surface area contributed by atoms with Gasteiger partial charge in [0.25, 0.3) is 0 Å². The lowest BCUT2D eigenvalue weighted by molar-refractivity contribution is -0.118. The third-order valence-corrected chi connectivity index (χ3v) is 4.98. The maximum absolute atomic E-state index is 12.3. The largest absolute Gasteiger partial charge is 0.334 e.